The molecule has 1 saturated heterocycles. The van der Waals surface area contributed by atoms with Crippen LogP contribution in [0.25, 0.3) is 0 Å². The van der Waals surface area contributed by atoms with Crippen LogP contribution >= 0.6 is 0 Å². The normalized spacial score (nSPS) is 18.3. The van der Waals surface area contributed by atoms with Gasteiger partial charge in [0.05, 0.1) is 29.4 Å². The van der Waals surface area contributed by atoms with Crippen molar-refractivity contribution >= 4 is 15.7 Å². The van der Waals surface area contributed by atoms with Gasteiger partial charge in [0.1, 0.15) is 0 Å². The molecule has 1 fully saturated rings. The third-order valence-corrected chi connectivity index (χ3v) is 5.47. The Hall–Kier alpha value is -1.86. The van der Waals surface area contributed by atoms with Crippen molar-refractivity contribution in [2.75, 3.05) is 11.3 Å². The minimum Gasteiger partial charge on any atom is -0.376 e. The van der Waals surface area contributed by atoms with E-state index in [4.69, 9.17) is 4.74 Å². The predicted octanol–water partition coefficient (Wildman–Crippen LogP) is 2.48. The first-order valence-corrected chi connectivity index (χ1v) is 9.16. The van der Waals surface area contributed by atoms with Gasteiger partial charge in [-0.25, -0.2) is 8.42 Å². The lowest BCUT2D eigenvalue weighted by molar-refractivity contribution is 0.0940. The van der Waals surface area contributed by atoms with Crippen LogP contribution in [0.1, 0.15) is 24.0 Å². The molecule has 6 nitrogen and oxygen atoms in total. The summed E-state index contributed by atoms with van der Waals surface area (Å²) < 4.78 is 34.7. The second-order valence-corrected chi connectivity index (χ2v) is 7.62. The van der Waals surface area contributed by atoms with Crippen molar-refractivity contribution in [3.63, 3.8) is 0 Å². The van der Waals surface area contributed by atoms with Gasteiger partial charge in [-0.2, -0.15) is 5.10 Å². The Kier molecular flexibility index (Phi) is 4.41. The van der Waals surface area contributed by atoms with Crippen molar-refractivity contribution in [1.82, 2.24) is 9.78 Å². The van der Waals surface area contributed by atoms with Crippen LogP contribution in [-0.4, -0.2) is 30.9 Å². The fraction of sp³-hybridized carbons (Fsp3) is 0.438. The molecule has 0 bridgehead atoms. The Labute approximate surface area is 136 Å². The third kappa shape index (κ3) is 3.73. The van der Waals surface area contributed by atoms with Gasteiger partial charge in [0, 0.05) is 12.8 Å². The van der Waals surface area contributed by atoms with E-state index in [2.05, 4.69) is 9.82 Å². The summed E-state index contributed by atoms with van der Waals surface area (Å²) in [5, 5.41) is 4.20. The predicted molar refractivity (Wildman–Crippen MR) is 87.9 cm³/mol. The number of anilines is 1. The van der Waals surface area contributed by atoms with Crippen LogP contribution < -0.4 is 4.72 Å². The van der Waals surface area contributed by atoms with Gasteiger partial charge >= 0.3 is 0 Å². The maximum Gasteiger partial charge on any atom is 0.262 e. The van der Waals surface area contributed by atoms with E-state index >= 15 is 0 Å². The molecule has 0 aliphatic carbocycles. The molecule has 2 heterocycles. The molecule has 0 radical (unpaired) electrons. The average Bonchev–Trinajstić information content (AvgIpc) is 3.14. The molecule has 2 aromatic rings. The molecular formula is C16H21N3O3S. The summed E-state index contributed by atoms with van der Waals surface area (Å²) in [5.74, 6) is 0. The maximum absolute atomic E-state index is 12.4. The van der Waals surface area contributed by atoms with E-state index in [-0.39, 0.29) is 11.0 Å². The molecule has 3 rings (SSSR count). The number of rotatable bonds is 5. The highest BCUT2D eigenvalue weighted by molar-refractivity contribution is 7.92. The SMILES string of the molecule is Cc1ccc(S(=O)(=O)Nc2cnn(C[C@H]3CCCO3)c2)cc1C. The van der Waals surface area contributed by atoms with Gasteiger partial charge in [-0.3, -0.25) is 9.40 Å². The summed E-state index contributed by atoms with van der Waals surface area (Å²) in [7, 11) is -3.60. The molecule has 0 spiro atoms. The van der Waals surface area contributed by atoms with Gasteiger partial charge < -0.3 is 4.74 Å². The van der Waals surface area contributed by atoms with E-state index in [9.17, 15) is 8.42 Å². The Morgan fingerprint density at radius 1 is 1.35 bits per heavy atom. The van der Waals surface area contributed by atoms with Gasteiger partial charge in [-0.15, -0.1) is 0 Å². The number of aromatic nitrogens is 2. The smallest absolute Gasteiger partial charge is 0.262 e. The standard InChI is InChI=1S/C16H21N3O3S/c1-12-5-6-16(8-13(12)2)23(20,21)18-14-9-17-19(10-14)11-15-4-3-7-22-15/h5-6,8-10,15,18H,3-4,7,11H2,1-2H3/t15-/m1/s1. The highest BCUT2D eigenvalue weighted by Crippen LogP contribution is 2.19. The summed E-state index contributed by atoms with van der Waals surface area (Å²) >= 11 is 0. The van der Waals surface area contributed by atoms with E-state index in [1.54, 1.807) is 23.0 Å². The zero-order valence-corrected chi connectivity index (χ0v) is 14.1. The molecule has 0 unspecified atom stereocenters. The molecule has 1 aliphatic heterocycles. The number of ether oxygens (including phenoxy) is 1. The summed E-state index contributed by atoms with van der Waals surface area (Å²) in [4.78, 5) is 0.257. The minimum atomic E-state index is -3.60. The molecule has 7 heteroatoms. The molecule has 1 aromatic heterocycles. The Morgan fingerprint density at radius 2 is 2.17 bits per heavy atom. The number of nitrogens with zero attached hydrogens (tertiary/aromatic N) is 2. The van der Waals surface area contributed by atoms with Gasteiger partial charge in [-0.05, 0) is 49.9 Å². The number of hydrogen-bond donors (Lipinski definition) is 1. The minimum absolute atomic E-state index is 0.166. The largest absolute Gasteiger partial charge is 0.376 e. The highest BCUT2D eigenvalue weighted by atomic mass is 32.2. The third-order valence-electron chi connectivity index (χ3n) is 4.09. The first-order chi connectivity index (χ1) is 10.9. The zero-order chi connectivity index (χ0) is 16.4. The summed E-state index contributed by atoms with van der Waals surface area (Å²) in [6, 6.07) is 5.10. The molecule has 0 saturated carbocycles. The van der Waals surface area contributed by atoms with E-state index in [1.165, 1.54) is 6.20 Å². The quantitative estimate of drug-likeness (QED) is 0.911. The number of aryl methyl sites for hydroxylation is 2. The fourth-order valence-corrected chi connectivity index (χ4v) is 3.72. The number of nitrogens with one attached hydrogen (secondary N) is 1. The van der Waals surface area contributed by atoms with Crippen LogP contribution in [0.4, 0.5) is 5.69 Å². The van der Waals surface area contributed by atoms with Crippen LogP contribution in [-0.2, 0) is 21.3 Å². The van der Waals surface area contributed by atoms with Crippen molar-refractivity contribution in [2.45, 2.75) is 44.2 Å². The topological polar surface area (TPSA) is 73.2 Å². The first-order valence-electron chi connectivity index (χ1n) is 7.68. The van der Waals surface area contributed by atoms with Crippen molar-refractivity contribution in [1.29, 1.82) is 0 Å². The first kappa shape index (κ1) is 16.0. The van der Waals surface area contributed by atoms with Crippen LogP contribution in [0, 0.1) is 13.8 Å². The van der Waals surface area contributed by atoms with E-state index in [1.807, 2.05) is 19.9 Å². The van der Waals surface area contributed by atoms with Gasteiger partial charge in [0.2, 0.25) is 0 Å². The monoisotopic (exact) mass is 335 g/mol. The van der Waals surface area contributed by atoms with Crippen molar-refractivity contribution in [2.24, 2.45) is 0 Å². The summed E-state index contributed by atoms with van der Waals surface area (Å²) in [5.41, 5.74) is 2.47. The lowest BCUT2D eigenvalue weighted by Crippen LogP contribution is -2.15. The van der Waals surface area contributed by atoms with Crippen molar-refractivity contribution in [3.05, 3.63) is 41.7 Å². The zero-order valence-electron chi connectivity index (χ0n) is 13.3. The number of sulfonamides is 1. The maximum atomic E-state index is 12.4. The molecule has 1 atom stereocenters. The molecule has 23 heavy (non-hydrogen) atoms. The number of benzene rings is 1. The molecule has 1 aromatic carbocycles. The second-order valence-electron chi connectivity index (χ2n) is 5.94. The molecule has 0 amide bonds. The van der Waals surface area contributed by atoms with Crippen molar-refractivity contribution in [3.8, 4) is 0 Å². The van der Waals surface area contributed by atoms with Gasteiger partial charge in [0.15, 0.2) is 0 Å². The van der Waals surface area contributed by atoms with Crippen LogP contribution in [0.15, 0.2) is 35.5 Å². The summed E-state index contributed by atoms with van der Waals surface area (Å²) in [6.45, 7) is 5.28. The van der Waals surface area contributed by atoms with Crippen LogP contribution in [0.3, 0.4) is 0 Å². The Morgan fingerprint density at radius 3 is 2.87 bits per heavy atom. The second kappa shape index (κ2) is 6.33. The Balaban J connectivity index is 1.72. The lowest BCUT2D eigenvalue weighted by Gasteiger charge is -2.09. The fourth-order valence-electron chi connectivity index (χ4n) is 2.61. The Bertz CT molecular complexity index is 793. The highest BCUT2D eigenvalue weighted by Gasteiger charge is 2.18. The van der Waals surface area contributed by atoms with Crippen LogP contribution in [0.5, 0.6) is 0 Å². The lowest BCUT2D eigenvalue weighted by atomic mass is 10.1. The van der Waals surface area contributed by atoms with E-state index in [0.717, 1.165) is 30.6 Å². The number of hydrogen-bond acceptors (Lipinski definition) is 4. The van der Waals surface area contributed by atoms with Crippen molar-refractivity contribution < 1.29 is 13.2 Å². The van der Waals surface area contributed by atoms with Gasteiger partial charge in [-0.1, -0.05) is 6.07 Å². The molecular weight excluding hydrogens is 314 g/mol. The molecule has 1 N–H and O–H groups in total. The average molecular weight is 335 g/mol. The molecule has 124 valence electrons. The summed E-state index contributed by atoms with van der Waals surface area (Å²) in [6.07, 6.45) is 5.47. The van der Waals surface area contributed by atoms with E-state index < -0.39 is 10.0 Å². The van der Waals surface area contributed by atoms with E-state index in [0.29, 0.717) is 12.2 Å². The van der Waals surface area contributed by atoms with Gasteiger partial charge in [0.25, 0.3) is 10.0 Å². The molecule has 1 aliphatic rings. The van der Waals surface area contributed by atoms with Crippen LogP contribution in [0.2, 0.25) is 0 Å².